The van der Waals surface area contributed by atoms with E-state index in [1.54, 1.807) is 24.3 Å². The van der Waals surface area contributed by atoms with Gasteiger partial charge in [-0.2, -0.15) is 0 Å². The van der Waals surface area contributed by atoms with Crippen LogP contribution in [0.15, 0.2) is 24.3 Å². The molecule has 1 aliphatic rings. The highest BCUT2D eigenvalue weighted by Gasteiger charge is 2.20. The van der Waals surface area contributed by atoms with E-state index in [4.69, 9.17) is 0 Å². The average molecular weight is 297 g/mol. The second-order valence-electron chi connectivity index (χ2n) is 4.99. The fourth-order valence-corrected chi connectivity index (χ4v) is 2.75. The van der Waals surface area contributed by atoms with E-state index in [1.165, 1.54) is 0 Å². The number of rotatable bonds is 4. The summed E-state index contributed by atoms with van der Waals surface area (Å²) < 4.78 is 24.7. The Morgan fingerprint density at radius 3 is 2.75 bits per heavy atom. The quantitative estimate of drug-likeness (QED) is 0.773. The Bertz CT molecular complexity index is 580. The molecule has 110 valence electrons. The first-order valence-corrected chi connectivity index (χ1v) is 8.42. The zero-order chi connectivity index (χ0) is 14.6. The van der Waals surface area contributed by atoms with Gasteiger partial charge in [-0.15, -0.1) is 0 Å². The van der Waals surface area contributed by atoms with E-state index in [9.17, 15) is 13.2 Å². The zero-order valence-electron chi connectivity index (χ0n) is 11.3. The second-order valence-corrected chi connectivity index (χ2v) is 6.74. The normalized spacial score (nSPS) is 19.4. The molecule has 7 heteroatoms. The molecule has 0 aromatic heterocycles. The van der Waals surface area contributed by atoms with Gasteiger partial charge in [0.1, 0.15) is 0 Å². The molecule has 1 unspecified atom stereocenters. The number of carbonyl (C=O) groups is 1. The number of hydrogen-bond acceptors (Lipinski definition) is 4. The number of anilines is 2. The minimum absolute atomic E-state index is 0.0322. The molecule has 1 aliphatic heterocycles. The Balaban J connectivity index is 2.02. The van der Waals surface area contributed by atoms with Crippen LogP contribution in [0.2, 0.25) is 0 Å². The van der Waals surface area contributed by atoms with Gasteiger partial charge in [0.25, 0.3) is 0 Å². The van der Waals surface area contributed by atoms with Gasteiger partial charge in [0.2, 0.25) is 15.9 Å². The molecule has 1 amide bonds. The Morgan fingerprint density at radius 2 is 2.10 bits per heavy atom. The number of piperidine rings is 1. The van der Waals surface area contributed by atoms with Gasteiger partial charge in [0, 0.05) is 12.2 Å². The minimum Gasteiger partial charge on any atom is -0.326 e. The van der Waals surface area contributed by atoms with Crippen molar-refractivity contribution in [2.45, 2.75) is 12.8 Å². The van der Waals surface area contributed by atoms with E-state index >= 15 is 0 Å². The molecule has 20 heavy (non-hydrogen) atoms. The average Bonchev–Trinajstić information content (AvgIpc) is 2.38. The van der Waals surface area contributed by atoms with Crippen LogP contribution in [0, 0.1) is 5.92 Å². The maximum atomic E-state index is 12.1. The number of nitrogens with one attached hydrogen (secondary N) is 3. The maximum Gasteiger partial charge on any atom is 0.229 e. The SMILES string of the molecule is CS(=O)(=O)Nc1cccc(NC(=O)C2CCCNC2)c1. The lowest BCUT2D eigenvalue weighted by molar-refractivity contribution is -0.120. The van der Waals surface area contributed by atoms with Gasteiger partial charge in [0.05, 0.1) is 17.9 Å². The highest BCUT2D eigenvalue weighted by Crippen LogP contribution is 2.18. The van der Waals surface area contributed by atoms with Crippen LogP contribution in [0.1, 0.15) is 12.8 Å². The standard InChI is InChI=1S/C13H19N3O3S/c1-20(18,19)16-12-6-2-5-11(8-12)15-13(17)10-4-3-7-14-9-10/h2,5-6,8,10,14,16H,3-4,7,9H2,1H3,(H,15,17). The largest absolute Gasteiger partial charge is 0.326 e. The lowest BCUT2D eigenvalue weighted by Gasteiger charge is -2.22. The molecule has 1 atom stereocenters. The molecule has 1 heterocycles. The van der Waals surface area contributed by atoms with Crippen LogP contribution in [0.25, 0.3) is 0 Å². The first kappa shape index (κ1) is 14.8. The number of carbonyl (C=O) groups excluding carboxylic acids is 1. The zero-order valence-corrected chi connectivity index (χ0v) is 12.2. The van der Waals surface area contributed by atoms with Crippen molar-refractivity contribution in [3.63, 3.8) is 0 Å². The van der Waals surface area contributed by atoms with Crippen LogP contribution in [0.3, 0.4) is 0 Å². The van der Waals surface area contributed by atoms with Gasteiger partial charge in [-0.05, 0) is 37.6 Å². The maximum absolute atomic E-state index is 12.1. The van der Waals surface area contributed by atoms with E-state index in [2.05, 4.69) is 15.4 Å². The topological polar surface area (TPSA) is 87.3 Å². The second kappa shape index (κ2) is 6.23. The Morgan fingerprint density at radius 1 is 1.35 bits per heavy atom. The molecule has 0 bridgehead atoms. The summed E-state index contributed by atoms with van der Waals surface area (Å²) in [5.41, 5.74) is 1.03. The number of sulfonamides is 1. The van der Waals surface area contributed by atoms with E-state index in [1.807, 2.05) is 0 Å². The van der Waals surface area contributed by atoms with E-state index in [-0.39, 0.29) is 11.8 Å². The molecule has 3 N–H and O–H groups in total. The van der Waals surface area contributed by atoms with Crippen molar-refractivity contribution in [2.24, 2.45) is 5.92 Å². The van der Waals surface area contributed by atoms with Gasteiger partial charge < -0.3 is 10.6 Å². The summed E-state index contributed by atoms with van der Waals surface area (Å²) in [6, 6.07) is 6.68. The van der Waals surface area contributed by atoms with Crippen molar-refractivity contribution in [1.82, 2.24) is 5.32 Å². The van der Waals surface area contributed by atoms with E-state index < -0.39 is 10.0 Å². The monoisotopic (exact) mass is 297 g/mol. The third-order valence-corrected chi connectivity index (χ3v) is 3.71. The van der Waals surface area contributed by atoms with Crippen molar-refractivity contribution < 1.29 is 13.2 Å². The van der Waals surface area contributed by atoms with Crippen molar-refractivity contribution in [3.05, 3.63) is 24.3 Å². The van der Waals surface area contributed by atoms with E-state index in [0.29, 0.717) is 17.9 Å². The van der Waals surface area contributed by atoms with Gasteiger partial charge >= 0.3 is 0 Å². The van der Waals surface area contributed by atoms with Crippen LogP contribution in [0.4, 0.5) is 11.4 Å². The van der Waals surface area contributed by atoms with Crippen LogP contribution in [0.5, 0.6) is 0 Å². The molecule has 0 radical (unpaired) electrons. The predicted octanol–water partition coefficient (Wildman–Crippen LogP) is 0.996. The first-order chi connectivity index (χ1) is 9.44. The van der Waals surface area contributed by atoms with Crippen LogP contribution < -0.4 is 15.4 Å². The lowest BCUT2D eigenvalue weighted by Crippen LogP contribution is -2.37. The van der Waals surface area contributed by atoms with Gasteiger partial charge in [-0.1, -0.05) is 6.07 Å². The summed E-state index contributed by atoms with van der Waals surface area (Å²) in [5, 5.41) is 6.02. The van der Waals surface area contributed by atoms with Crippen molar-refractivity contribution >= 4 is 27.3 Å². The van der Waals surface area contributed by atoms with Crippen molar-refractivity contribution in [3.8, 4) is 0 Å². The third-order valence-electron chi connectivity index (χ3n) is 3.10. The molecule has 1 fully saturated rings. The van der Waals surface area contributed by atoms with Crippen LogP contribution in [-0.2, 0) is 14.8 Å². The Hall–Kier alpha value is -1.60. The van der Waals surface area contributed by atoms with Gasteiger partial charge in [-0.25, -0.2) is 8.42 Å². The van der Waals surface area contributed by atoms with E-state index in [0.717, 1.165) is 25.6 Å². The van der Waals surface area contributed by atoms with Crippen LogP contribution >= 0.6 is 0 Å². The number of benzene rings is 1. The molecule has 0 aliphatic carbocycles. The number of hydrogen-bond donors (Lipinski definition) is 3. The summed E-state index contributed by atoms with van der Waals surface area (Å²) in [5.74, 6) is -0.0658. The summed E-state index contributed by atoms with van der Waals surface area (Å²) in [6.07, 6.45) is 2.96. The molecule has 1 aromatic rings. The molecule has 0 saturated carbocycles. The highest BCUT2D eigenvalue weighted by molar-refractivity contribution is 7.92. The highest BCUT2D eigenvalue weighted by atomic mass is 32.2. The molecular weight excluding hydrogens is 278 g/mol. The summed E-state index contributed by atoms with van der Waals surface area (Å²) in [7, 11) is -3.32. The minimum atomic E-state index is -3.32. The van der Waals surface area contributed by atoms with Crippen molar-refractivity contribution in [2.75, 3.05) is 29.4 Å². The fraction of sp³-hybridized carbons (Fsp3) is 0.462. The van der Waals surface area contributed by atoms with Crippen molar-refractivity contribution in [1.29, 1.82) is 0 Å². The Labute approximate surface area is 119 Å². The number of amides is 1. The molecule has 6 nitrogen and oxygen atoms in total. The predicted molar refractivity (Wildman–Crippen MR) is 79.1 cm³/mol. The molecular formula is C13H19N3O3S. The molecule has 0 spiro atoms. The smallest absolute Gasteiger partial charge is 0.229 e. The van der Waals surface area contributed by atoms with Gasteiger partial charge in [0.15, 0.2) is 0 Å². The lowest BCUT2D eigenvalue weighted by atomic mass is 9.99. The first-order valence-electron chi connectivity index (χ1n) is 6.53. The van der Waals surface area contributed by atoms with Gasteiger partial charge in [-0.3, -0.25) is 9.52 Å². The van der Waals surface area contributed by atoms with Crippen LogP contribution in [-0.4, -0.2) is 33.7 Å². The third kappa shape index (κ3) is 4.50. The Kier molecular flexibility index (Phi) is 4.61. The molecule has 2 rings (SSSR count). The fourth-order valence-electron chi connectivity index (χ4n) is 2.19. The molecule has 1 aromatic carbocycles. The summed E-state index contributed by atoms with van der Waals surface area (Å²) in [6.45, 7) is 1.64. The summed E-state index contributed by atoms with van der Waals surface area (Å²) >= 11 is 0. The molecule has 1 saturated heterocycles. The summed E-state index contributed by atoms with van der Waals surface area (Å²) in [4.78, 5) is 12.1.